The number of benzene rings is 1. The van der Waals surface area contributed by atoms with Gasteiger partial charge in [0, 0.05) is 0 Å². The van der Waals surface area contributed by atoms with Gasteiger partial charge in [0.1, 0.15) is 0 Å². The summed E-state index contributed by atoms with van der Waals surface area (Å²) in [6.45, 7) is 1.83. The van der Waals surface area contributed by atoms with Gasteiger partial charge in [0.2, 0.25) is 0 Å². The molecule has 5 heteroatoms. The van der Waals surface area contributed by atoms with Crippen LogP contribution in [0.5, 0.6) is 0 Å². The van der Waals surface area contributed by atoms with Crippen molar-refractivity contribution in [2.45, 2.75) is 6.92 Å². The maximum Gasteiger partial charge on any atom is 1.00 e. The number of rotatable bonds is 1. The van der Waals surface area contributed by atoms with E-state index in [-0.39, 0.29) is 55.8 Å². The van der Waals surface area contributed by atoms with Crippen molar-refractivity contribution in [3.05, 3.63) is 29.8 Å². The van der Waals surface area contributed by atoms with Crippen LogP contribution in [0.15, 0.2) is 24.3 Å². The minimum absolute atomic E-state index is 0. The van der Waals surface area contributed by atoms with Crippen LogP contribution in [0.3, 0.4) is 0 Å². The van der Waals surface area contributed by atoms with E-state index < -0.39 is 13.0 Å². The van der Waals surface area contributed by atoms with Crippen molar-refractivity contribution in [1.82, 2.24) is 0 Å². The van der Waals surface area contributed by atoms with Gasteiger partial charge < -0.3 is 0 Å². The second kappa shape index (κ2) is 4.98. The quantitative estimate of drug-likeness (QED) is 0.488. The van der Waals surface area contributed by atoms with Crippen LogP contribution in [-0.4, -0.2) is 13.0 Å². The smallest absolute Gasteiger partial charge is 1.00 e. The van der Waals surface area contributed by atoms with Gasteiger partial charge in [-0.3, -0.25) is 0 Å². The van der Waals surface area contributed by atoms with Gasteiger partial charge in [-0.05, 0) is 0 Å². The normalized spacial score (nSPS) is 10.5. The molecule has 0 heterocycles. The zero-order valence-corrected chi connectivity index (χ0v) is 11.8. The molecule has 0 aliphatic rings. The van der Waals surface area contributed by atoms with Crippen molar-refractivity contribution in [1.29, 1.82) is 0 Å². The van der Waals surface area contributed by atoms with Gasteiger partial charge >= 0.3 is 117 Å². The standard InChI is InChI=1S/C7H8O3Se.K/c1-6-2-4-7(5-3-6)11(8,9)10;/h2-5H,1H3,(H,8,9,10);/q;+1/p-1. The molecule has 0 saturated carbocycles. The van der Waals surface area contributed by atoms with Gasteiger partial charge in [0.25, 0.3) is 0 Å². The second-order valence-electron chi connectivity index (χ2n) is 2.27. The molecule has 0 fully saturated rings. The summed E-state index contributed by atoms with van der Waals surface area (Å²) in [5.41, 5.74) is 0.940. The van der Waals surface area contributed by atoms with Crippen molar-refractivity contribution >= 4 is 17.5 Å². The molecule has 0 bridgehead atoms. The van der Waals surface area contributed by atoms with E-state index in [1.807, 2.05) is 6.92 Å². The van der Waals surface area contributed by atoms with Crippen LogP contribution in [0.1, 0.15) is 5.56 Å². The molecule has 0 aliphatic carbocycles. The Bertz CT molecular complexity index is 341. The predicted molar refractivity (Wildman–Crippen MR) is 37.9 cm³/mol. The van der Waals surface area contributed by atoms with Gasteiger partial charge in [0.05, 0.1) is 0 Å². The Morgan fingerprint density at radius 3 is 1.92 bits per heavy atom. The fourth-order valence-electron chi connectivity index (χ4n) is 0.705. The summed E-state index contributed by atoms with van der Waals surface area (Å²) >= 11 is -4.97. The van der Waals surface area contributed by atoms with Crippen LogP contribution in [0.2, 0.25) is 0 Å². The summed E-state index contributed by atoms with van der Waals surface area (Å²) < 4.78 is 31.3. The van der Waals surface area contributed by atoms with E-state index in [1.54, 1.807) is 12.1 Å². The Balaban J connectivity index is 0.00000121. The second-order valence-corrected chi connectivity index (χ2v) is 5.16. The molecular formula is C7H7KO3Se. The van der Waals surface area contributed by atoms with Gasteiger partial charge in [-0.15, -0.1) is 0 Å². The van der Waals surface area contributed by atoms with Crippen molar-refractivity contribution < 1.29 is 63.2 Å². The van der Waals surface area contributed by atoms with Crippen LogP contribution in [0, 0.1) is 6.92 Å². The summed E-state index contributed by atoms with van der Waals surface area (Å²) in [4.78, 5) is 0. The molecule has 0 unspecified atom stereocenters. The molecule has 0 radical (unpaired) electrons. The van der Waals surface area contributed by atoms with Gasteiger partial charge in [-0.2, -0.15) is 0 Å². The molecular weight excluding hydrogens is 250 g/mol. The molecule has 0 N–H and O–H groups in total. The third-order valence-electron chi connectivity index (χ3n) is 1.31. The topological polar surface area (TPSA) is 57.2 Å². The Morgan fingerprint density at radius 1 is 1.17 bits per heavy atom. The molecule has 0 spiro atoms. The third-order valence-corrected chi connectivity index (χ3v) is 3.09. The molecule has 1 aromatic rings. The first-order valence-corrected chi connectivity index (χ1v) is 5.98. The molecule has 0 saturated heterocycles. The minimum atomic E-state index is -4.97. The molecule has 0 aliphatic heterocycles. The van der Waals surface area contributed by atoms with Crippen LogP contribution in [-0.2, 0) is 7.67 Å². The monoisotopic (exact) mass is 258 g/mol. The molecule has 0 aromatic heterocycles. The molecule has 3 nitrogen and oxygen atoms in total. The Labute approximate surface area is 116 Å². The summed E-state index contributed by atoms with van der Waals surface area (Å²) in [6, 6.07) is 5.88. The van der Waals surface area contributed by atoms with E-state index in [9.17, 15) is 11.9 Å². The fourth-order valence-corrected chi connectivity index (χ4v) is 1.69. The zero-order valence-electron chi connectivity index (χ0n) is 6.94. The molecule has 1 rings (SSSR count). The van der Waals surface area contributed by atoms with E-state index in [2.05, 4.69) is 0 Å². The molecule has 0 atom stereocenters. The first-order valence-electron chi connectivity index (χ1n) is 3.03. The van der Waals surface area contributed by atoms with E-state index in [1.165, 1.54) is 12.1 Å². The average Bonchev–Trinajstić information content (AvgIpc) is 1.86. The molecule has 12 heavy (non-hydrogen) atoms. The van der Waals surface area contributed by atoms with Crippen molar-refractivity contribution in [3.8, 4) is 0 Å². The fraction of sp³-hybridized carbons (Fsp3) is 0.143. The predicted octanol–water partition coefficient (Wildman–Crippen LogP) is -3.63. The van der Waals surface area contributed by atoms with Crippen LogP contribution in [0.25, 0.3) is 0 Å². The number of aryl methyl sites for hydroxylation is 1. The minimum Gasteiger partial charge on any atom is 1.00 e. The average molecular weight is 257 g/mol. The number of hydrogen-bond acceptors (Lipinski definition) is 3. The molecule has 1 aromatic carbocycles. The van der Waals surface area contributed by atoms with E-state index >= 15 is 0 Å². The molecule has 0 amide bonds. The first kappa shape index (κ1) is 12.9. The van der Waals surface area contributed by atoms with Crippen molar-refractivity contribution in [2.24, 2.45) is 0 Å². The zero-order chi connectivity index (χ0) is 8.48. The van der Waals surface area contributed by atoms with E-state index in [0.717, 1.165) is 5.56 Å². The Kier molecular flexibility index (Phi) is 5.36. The summed E-state index contributed by atoms with van der Waals surface area (Å²) in [7, 11) is 0. The van der Waals surface area contributed by atoms with Gasteiger partial charge in [0.15, 0.2) is 0 Å². The largest absolute Gasteiger partial charge is 1.00 e. The van der Waals surface area contributed by atoms with Crippen LogP contribution in [0.4, 0.5) is 0 Å². The van der Waals surface area contributed by atoms with Crippen molar-refractivity contribution in [2.75, 3.05) is 0 Å². The maximum atomic E-state index is 10.5. The van der Waals surface area contributed by atoms with E-state index in [4.69, 9.17) is 0 Å². The van der Waals surface area contributed by atoms with Crippen LogP contribution < -0.4 is 60.0 Å². The maximum absolute atomic E-state index is 10.5. The number of hydrogen-bond donors (Lipinski definition) is 0. The Hall–Kier alpha value is 0.936. The summed E-state index contributed by atoms with van der Waals surface area (Å²) in [6.07, 6.45) is 0. The summed E-state index contributed by atoms with van der Waals surface area (Å²) in [5.74, 6) is 0. The van der Waals surface area contributed by atoms with Gasteiger partial charge in [-0.25, -0.2) is 0 Å². The van der Waals surface area contributed by atoms with Crippen molar-refractivity contribution in [3.63, 3.8) is 0 Å². The first-order chi connectivity index (χ1) is 5.00. The third kappa shape index (κ3) is 3.76. The van der Waals surface area contributed by atoms with Crippen LogP contribution >= 0.6 is 0 Å². The Morgan fingerprint density at radius 2 is 1.58 bits per heavy atom. The SMILES string of the molecule is Cc1ccc([Se](=O)(=O)[O-])cc1.[K+]. The van der Waals surface area contributed by atoms with E-state index in [0.29, 0.717) is 0 Å². The summed E-state index contributed by atoms with van der Waals surface area (Å²) in [5, 5.41) is 0. The molecule has 60 valence electrons. The van der Waals surface area contributed by atoms with Gasteiger partial charge in [-0.1, -0.05) is 0 Å².